The smallest absolute Gasteiger partial charge is 0.244 e. The summed E-state index contributed by atoms with van der Waals surface area (Å²) in [5, 5.41) is 4.25. The Bertz CT molecular complexity index is 706. The normalized spacial score (nSPS) is 13.6. The van der Waals surface area contributed by atoms with Gasteiger partial charge in [0, 0.05) is 18.3 Å². The molecule has 0 fully saturated rings. The Hall–Kier alpha value is -1.66. The van der Waals surface area contributed by atoms with Crippen LogP contribution in [0.5, 0.6) is 0 Å². The molecule has 114 valence electrons. The van der Waals surface area contributed by atoms with Crippen molar-refractivity contribution >= 4 is 10.0 Å². The fraction of sp³-hybridized carbons (Fsp3) is 0.400. The van der Waals surface area contributed by atoms with Crippen molar-refractivity contribution in [2.24, 2.45) is 0 Å². The summed E-state index contributed by atoms with van der Waals surface area (Å²) in [7, 11) is -3.58. The monoisotopic (exact) mass is 307 g/mol. The summed E-state index contributed by atoms with van der Waals surface area (Å²) in [6.45, 7) is 7.46. The molecule has 2 aromatic rings. The van der Waals surface area contributed by atoms with E-state index in [1.807, 2.05) is 51.1 Å². The Kier molecular flexibility index (Phi) is 4.49. The Morgan fingerprint density at radius 2 is 1.76 bits per heavy atom. The third kappa shape index (κ3) is 3.51. The standard InChI is InChI=1S/C15H21N3O2S/c1-11(2)18-10-15(13(4)16-18)21(19,20)17-12(3)14-8-6-5-7-9-14/h5-12,17H,1-4H3. The van der Waals surface area contributed by atoms with Crippen LogP contribution in [0.4, 0.5) is 0 Å². The third-order valence-corrected chi connectivity index (χ3v) is 4.97. The molecule has 1 N–H and O–H groups in total. The van der Waals surface area contributed by atoms with Crippen LogP contribution in [0.25, 0.3) is 0 Å². The number of hydrogen-bond acceptors (Lipinski definition) is 3. The maximum Gasteiger partial charge on any atom is 0.244 e. The van der Waals surface area contributed by atoms with E-state index in [2.05, 4.69) is 9.82 Å². The van der Waals surface area contributed by atoms with E-state index in [1.54, 1.807) is 17.8 Å². The summed E-state index contributed by atoms with van der Waals surface area (Å²) in [5.74, 6) is 0. The van der Waals surface area contributed by atoms with E-state index in [-0.39, 0.29) is 17.0 Å². The molecule has 1 aromatic heterocycles. The van der Waals surface area contributed by atoms with Gasteiger partial charge in [0.25, 0.3) is 0 Å². The van der Waals surface area contributed by atoms with Gasteiger partial charge in [-0.25, -0.2) is 13.1 Å². The van der Waals surface area contributed by atoms with E-state index >= 15 is 0 Å². The van der Waals surface area contributed by atoms with E-state index < -0.39 is 10.0 Å². The van der Waals surface area contributed by atoms with Crippen molar-refractivity contribution in [3.8, 4) is 0 Å². The van der Waals surface area contributed by atoms with E-state index in [0.29, 0.717) is 5.69 Å². The SMILES string of the molecule is Cc1nn(C(C)C)cc1S(=O)(=O)NC(C)c1ccccc1. The lowest BCUT2D eigenvalue weighted by molar-refractivity contribution is 0.528. The molecule has 21 heavy (non-hydrogen) atoms. The summed E-state index contributed by atoms with van der Waals surface area (Å²) in [6, 6.07) is 9.32. The van der Waals surface area contributed by atoms with Crippen molar-refractivity contribution < 1.29 is 8.42 Å². The number of nitrogens with one attached hydrogen (secondary N) is 1. The van der Waals surface area contributed by atoms with Crippen LogP contribution >= 0.6 is 0 Å². The summed E-state index contributed by atoms with van der Waals surface area (Å²) >= 11 is 0. The minimum absolute atomic E-state index is 0.124. The molecule has 5 nitrogen and oxygen atoms in total. The second-order valence-corrected chi connectivity index (χ2v) is 7.09. The molecule has 0 spiro atoms. The number of aromatic nitrogens is 2. The molecule has 0 saturated carbocycles. The number of sulfonamides is 1. The average Bonchev–Trinajstić information content (AvgIpc) is 2.82. The maximum atomic E-state index is 12.5. The van der Waals surface area contributed by atoms with Crippen LogP contribution in [0, 0.1) is 6.92 Å². The van der Waals surface area contributed by atoms with Crippen LogP contribution < -0.4 is 4.72 Å². The summed E-state index contributed by atoms with van der Waals surface area (Å²) in [5.41, 5.74) is 1.44. The Morgan fingerprint density at radius 3 is 2.29 bits per heavy atom. The lowest BCUT2D eigenvalue weighted by atomic mass is 10.1. The lowest BCUT2D eigenvalue weighted by Crippen LogP contribution is -2.27. The van der Waals surface area contributed by atoms with Crippen LogP contribution in [0.2, 0.25) is 0 Å². The number of nitrogens with zero attached hydrogens (tertiary/aromatic N) is 2. The van der Waals surface area contributed by atoms with Gasteiger partial charge in [0.2, 0.25) is 10.0 Å². The van der Waals surface area contributed by atoms with Gasteiger partial charge in [-0.2, -0.15) is 5.10 Å². The summed E-state index contributed by atoms with van der Waals surface area (Å²) in [6.07, 6.45) is 1.58. The van der Waals surface area contributed by atoms with Gasteiger partial charge < -0.3 is 0 Å². The van der Waals surface area contributed by atoms with Crippen molar-refractivity contribution in [2.45, 2.75) is 44.7 Å². The van der Waals surface area contributed by atoms with Crippen molar-refractivity contribution in [1.29, 1.82) is 0 Å². The first-order valence-electron chi connectivity index (χ1n) is 6.94. The number of rotatable bonds is 5. The molecular formula is C15H21N3O2S. The van der Waals surface area contributed by atoms with Crippen molar-refractivity contribution in [3.05, 3.63) is 47.8 Å². The minimum Gasteiger partial charge on any atom is -0.269 e. The molecule has 0 saturated heterocycles. The zero-order valence-electron chi connectivity index (χ0n) is 12.7. The van der Waals surface area contributed by atoms with Crippen molar-refractivity contribution in [1.82, 2.24) is 14.5 Å². The van der Waals surface area contributed by atoms with Gasteiger partial charge in [0.05, 0.1) is 5.69 Å². The fourth-order valence-electron chi connectivity index (χ4n) is 2.10. The Labute approximate surface area is 126 Å². The molecule has 1 atom stereocenters. The van der Waals surface area contributed by atoms with Gasteiger partial charge in [0.1, 0.15) is 4.90 Å². The van der Waals surface area contributed by atoms with E-state index in [1.165, 1.54) is 0 Å². The topological polar surface area (TPSA) is 64.0 Å². The van der Waals surface area contributed by atoms with Gasteiger partial charge in [-0.05, 0) is 33.3 Å². The molecule has 0 radical (unpaired) electrons. The second kappa shape index (κ2) is 5.99. The zero-order valence-corrected chi connectivity index (χ0v) is 13.6. The quantitative estimate of drug-likeness (QED) is 0.924. The van der Waals surface area contributed by atoms with Crippen LogP contribution in [0.3, 0.4) is 0 Å². The van der Waals surface area contributed by atoms with E-state index in [0.717, 1.165) is 5.56 Å². The Morgan fingerprint density at radius 1 is 1.14 bits per heavy atom. The molecule has 1 aromatic carbocycles. The van der Waals surface area contributed by atoms with Gasteiger partial charge in [0.15, 0.2) is 0 Å². The highest BCUT2D eigenvalue weighted by molar-refractivity contribution is 7.89. The van der Waals surface area contributed by atoms with E-state index in [4.69, 9.17) is 0 Å². The third-order valence-electron chi connectivity index (χ3n) is 3.32. The molecular weight excluding hydrogens is 286 g/mol. The zero-order chi connectivity index (χ0) is 15.6. The van der Waals surface area contributed by atoms with Gasteiger partial charge in [-0.15, -0.1) is 0 Å². The first-order valence-corrected chi connectivity index (χ1v) is 8.42. The van der Waals surface area contributed by atoms with Crippen LogP contribution in [0.1, 0.15) is 44.1 Å². The highest BCUT2D eigenvalue weighted by atomic mass is 32.2. The Balaban J connectivity index is 2.27. The molecule has 2 rings (SSSR count). The summed E-state index contributed by atoms with van der Waals surface area (Å²) in [4.78, 5) is 0.235. The lowest BCUT2D eigenvalue weighted by Gasteiger charge is -2.14. The molecule has 1 unspecified atom stereocenters. The molecule has 1 heterocycles. The van der Waals surface area contributed by atoms with E-state index in [9.17, 15) is 8.42 Å². The van der Waals surface area contributed by atoms with Crippen molar-refractivity contribution in [3.63, 3.8) is 0 Å². The number of benzene rings is 1. The molecule has 0 aliphatic heterocycles. The van der Waals surface area contributed by atoms with Gasteiger partial charge >= 0.3 is 0 Å². The first-order chi connectivity index (χ1) is 9.81. The van der Waals surface area contributed by atoms with Crippen LogP contribution in [-0.4, -0.2) is 18.2 Å². The highest BCUT2D eigenvalue weighted by Crippen LogP contribution is 2.20. The molecule has 0 aliphatic carbocycles. The number of aryl methyl sites for hydroxylation is 1. The van der Waals surface area contributed by atoms with Crippen LogP contribution in [0.15, 0.2) is 41.4 Å². The number of hydrogen-bond donors (Lipinski definition) is 1. The second-order valence-electron chi connectivity index (χ2n) is 5.41. The average molecular weight is 307 g/mol. The van der Waals surface area contributed by atoms with Gasteiger partial charge in [-0.3, -0.25) is 4.68 Å². The maximum absolute atomic E-state index is 12.5. The molecule has 6 heteroatoms. The predicted octanol–water partition coefficient (Wildman–Crippen LogP) is 2.81. The van der Waals surface area contributed by atoms with Crippen molar-refractivity contribution in [2.75, 3.05) is 0 Å². The fourth-order valence-corrected chi connectivity index (χ4v) is 3.50. The van der Waals surface area contributed by atoms with Gasteiger partial charge in [-0.1, -0.05) is 30.3 Å². The highest BCUT2D eigenvalue weighted by Gasteiger charge is 2.23. The minimum atomic E-state index is -3.58. The van der Waals surface area contributed by atoms with Crippen LogP contribution in [-0.2, 0) is 10.0 Å². The molecule has 0 bridgehead atoms. The molecule has 0 aliphatic rings. The largest absolute Gasteiger partial charge is 0.269 e. The predicted molar refractivity (Wildman–Crippen MR) is 82.5 cm³/mol. The summed E-state index contributed by atoms with van der Waals surface area (Å²) < 4.78 is 29.4. The molecule has 0 amide bonds. The first kappa shape index (κ1) is 15.7.